The number of fused-ring (bicyclic) bond motifs is 1. The van der Waals surface area contributed by atoms with Gasteiger partial charge in [-0.2, -0.15) is 0 Å². The van der Waals surface area contributed by atoms with Crippen molar-refractivity contribution in [2.24, 2.45) is 0 Å². The number of halogens is 2. The van der Waals surface area contributed by atoms with Crippen molar-refractivity contribution in [3.8, 4) is 11.5 Å². The molecule has 0 spiro atoms. The number of nitrogens with zero attached hydrogens (tertiary/aromatic N) is 1. The van der Waals surface area contributed by atoms with Crippen LogP contribution in [0.2, 0.25) is 10.0 Å². The molecule has 0 aliphatic heterocycles. The molecule has 0 radical (unpaired) electrons. The van der Waals surface area contributed by atoms with Crippen molar-refractivity contribution in [2.45, 2.75) is 6.92 Å². The Morgan fingerprint density at radius 1 is 1.11 bits per heavy atom. The summed E-state index contributed by atoms with van der Waals surface area (Å²) >= 11 is 11.9. The minimum atomic E-state index is 0.467. The molecular weight excluding hydrogens is 285 g/mol. The Morgan fingerprint density at radius 3 is 2.74 bits per heavy atom. The van der Waals surface area contributed by atoms with Crippen LogP contribution in [0.1, 0.15) is 5.69 Å². The Hall–Kier alpha value is -1.71. The van der Waals surface area contributed by atoms with Gasteiger partial charge in [-0.05, 0) is 43.3 Å². The van der Waals surface area contributed by atoms with E-state index in [1.807, 2.05) is 19.1 Å². The molecule has 0 aliphatic carbocycles. The van der Waals surface area contributed by atoms with Gasteiger partial charge in [0.1, 0.15) is 11.5 Å². The third-order valence-corrected chi connectivity index (χ3v) is 3.27. The monoisotopic (exact) mass is 293 g/mol. The summed E-state index contributed by atoms with van der Waals surface area (Å²) in [5, 5.41) is 5.86. The number of hydrogen-bond donors (Lipinski definition) is 0. The lowest BCUT2D eigenvalue weighted by Gasteiger charge is -2.07. The summed E-state index contributed by atoms with van der Waals surface area (Å²) in [4.78, 5) is 0. The topological polar surface area (TPSA) is 35.3 Å². The Labute approximate surface area is 119 Å². The second-order valence-corrected chi connectivity index (χ2v) is 4.95. The molecule has 1 aromatic heterocycles. The first-order valence-electron chi connectivity index (χ1n) is 5.62. The van der Waals surface area contributed by atoms with Crippen LogP contribution in [-0.4, -0.2) is 5.16 Å². The van der Waals surface area contributed by atoms with E-state index >= 15 is 0 Å². The summed E-state index contributed by atoms with van der Waals surface area (Å²) in [6.07, 6.45) is 0. The minimum Gasteiger partial charge on any atom is -0.456 e. The molecule has 3 aromatic rings. The third kappa shape index (κ3) is 2.39. The molecule has 0 aliphatic rings. The maximum Gasteiger partial charge on any atom is 0.167 e. The first-order chi connectivity index (χ1) is 9.13. The van der Waals surface area contributed by atoms with Gasteiger partial charge in [0, 0.05) is 10.4 Å². The van der Waals surface area contributed by atoms with Gasteiger partial charge in [0.15, 0.2) is 5.58 Å². The van der Waals surface area contributed by atoms with E-state index in [2.05, 4.69) is 5.16 Å². The molecule has 0 fully saturated rings. The number of hydrogen-bond acceptors (Lipinski definition) is 3. The van der Waals surface area contributed by atoms with Crippen LogP contribution in [-0.2, 0) is 0 Å². The average molecular weight is 294 g/mol. The predicted molar refractivity (Wildman–Crippen MR) is 75.3 cm³/mol. The fourth-order valence-corrected chi connectivity index (χ4v) is 2.23. The van der Waals surface area contributed by atoms with Crippen LogP contribution in [0.3, 0.4) is 0 Å². The van der Waals surface area contributed by atoms with E-state index in [1.165, 1.54) is 0 Å². The molecule has 2 aromatic carbocycles. The summed E-state index contributed by atoms with van der Waals surface area (Å²) < 4.78 is 10.9. The van der Waals surface area contributed by atoms with Crippen molar-refractivity contribution in [3.63, 3.8) is 0 Å². The van der Waals surface area contributed by atoms with Gasteiger partial charge < -0.3 is 9.26 Å². The highest BCUT2D eigenvalue weighted by Gasteiger charge is 2.08. The Morgan fingerprint density at radius 2 is 1.95 bits per heavy atom. The van der Waals surface area contributed by atoms with Crippen molar-refractivity contribution in [3.05, 3.63) is 52.1 Å². The SMILES string of the molecule is Cc1noc2ccc(Oc3ccc(Cl)cc3Cl)cc12. The minimum absolute atomic E-state index is 0.467. The molecule has 0 atom stereocenters. The average Bonchev–Trinajstić information content (AvgIpc) is 2.75. The fourth-order valence-electron chi connectivity index (χ4n) is 1.79. The second-order valence-electron chi connectivity index (χ2n) is 4.10. The first-order valence-corrected chi connectivity index (χ1v) is 6.38. The molecule has 0 N–H and O–H groups in total. The highest BCUT2D eigenvalue weighted by molar-refractivity contribution is 6.35. The number of benzene rings is 2. The third-order valence-electron chi connectivity index (χ3n) is 2.74. The summed E-state index contributed by atoms with van der Waals surface area (Å²) in [5.41, 5.74) is 1.55. The summed E-state index contributed by atoms with van der Waals surface area (Å²) in [5.74, 6) is 1.22. The Bertz CT molecular complexity index is 752. The van der Waals surface area contributed by atoms with E-state index < -0.39 is 0 Å². The van der Waals surface area contributed by atoms with Crippen molar-refractivity contribution < 1.29 is 9.26 Å². The van der Waals surface area contributed by atoms with Crippen LogP contribution in [0.5, 0.6) is 11.5 Å². The van der Waals surface area contributed by atoms with Crippen LogP contribution in [0.4, 0.5) is 0 Å². The standard InChI is InChI=1S/C14H9Cl2NO2/c1-8-11-7-10(3-5-13(11)19-17-8)18-14-4-2-9(15)6-12(14)16/h2-7H,1H3. The maximum absolute atomic E-state index is 6.07. The smallest absolute Gasteiger partial charge is 0.167 e. The first kappa shape index (κ1) is 12.3. The largest absolute Gasteiger partial charge is 0.456 e. The van der Waals surface area contributed by atoms with E-state index in [0.29, 0.717) is 21.5 Å². The van der Waals surface area contributed by atoms with Crippen LogP contribution in [0.25, 0.3) is 11.0 Å². The molecule has 3 nitrogen and oxygen atoms in total. The Kier molecular flexibility index (Phi) is 3.09. The van der Waals surface area contributed by atoms with E-state index in [1.54, 1.807) is 24.3 Å². The van der Waals surface area contributed by atoms with Crippen molar-refractivity contribution in [1.82, 2.24) is 5.16 Å². The normalized spacial score (nSPS) is 10.9. The van der Waals surface area contributed by atoms with Gasteiger partial charge in [-0.25, -0.2) is 0 Å². The van der Waals surface area contributed by atoms with Gasteiger partial charge in [0.25, 0.3) is 0 Å². The quantitative estimate of drug-likeness (QED) is 0.648. The van der Waals surface area contributed by atoms with E-state index in [-0.39, 0.29) is 0 Å². The van der Waals surface area contributed by atoms with Gasteiger partial charge in [-0.3, -0.25) is 0 Å². The predicted octanol–water partition coefficient (Wildman–Crippen LogP) is 5.24. The van der Waals surface area contributed by atoms with Gasteiger partial charge in [0.05, 0.1) is 10.7 Å². The van der Waals surface area contributed by atoms with Gasteiger partial charge in [-0.15, -0.1) is 0 Å². The van der Waals surface area contributed by atoms with Crippen LogP contribution < -0.4 is 4.74 Å². The second kappa shape index (κ2) is 4.76. The zero-order valence-corrected chi connectivity index (χ0v) is 11.5. The summed E-state index contributed by atoms with van der Waals surface area (Å²) in [6.45, 7) is 1.88. The van der Waals surface area contributed by atoms with Crippen molar-refractivity contribution in [2.75, 3.05) is 0 Å². The van der Waals surface area contributed by atoms with Crippen molar-refractivity contribution >= 4 is 34.2 Å². The number of ether oxygens (including phenoxy) is 1. The van der Waals surface area contributed by atoms with Crippen LogP contribution >= 0.6 is 23.2 Å². The highest BCUT2D eigenvalue weighted by atomic mass is 35.5. The molecule has 3 rings (SSSR count). The lowest BCUT2D eigenvalue weighted by atomic mass is 10.2. The molecular formula is C14H9Cl2NO2. The van der Waals surface area contributed by atoms with Crippen molar-refractivity contribution in [1.29, 1.82) is 0 Å². The number of aryl methyl sites for hydroxylation is 1. The molecule has 0 unspecified atom stereocenters. The molecule has 0 bridgehead atoms. The maximum atomic E-state index is 6.07. The molecule has 0 saturated heterocycles. The zero-order chi connectivity index (χ0) is 13.4. The fraction of sp³-hybridized carbons (Fsp3) is 0.0714. The van der Waals surface area contributed by atoms with Gasteiger partial charge >= 0.3 is 0 Å². The van der Waals surface area contributed by atoms with Crippen LogP contribution in [0, 0.1) is 6.92 Å². The molecule has 96 valence electrons. The molecule has 1 heterocycles. The highest BCUT2D eigenvalue weighted by Crippen LogP contribution is 2.33. The van der Waals surface area contributed by atoms with Crippen LogP contribution in [0.15, 0.2) is 40.9 Å². The molecule has 19 heavy (non-hydrogen) atoms. The summed E-state index contributed by atoms with van der Waals surface area (Å²) in [6, 6.07) is 10.6. The van der Waals surface area contributed by atoms with E-state index in [0.717, 1.165) is 16.7 Å². The zero-order valence-electron chi connectivity index (χ0n) is 9.98. The number of aromatic nitrogens is 1. The van der Waals surface area contributed by atoms with Gasteiger partial charge in [-0.1, -0.05) is 28.4 Å². The molecule has 5 heteroatoms. The molecule has 0 amide bonds. The Balaban J connectivity index is 1.98. The summed E-state index contributed by atoms with van der Waals surface area (Å²) in [7, 11) is 0. The van der Waals surface area contributed by atoms with E-state index in [9.17, 15) is 0 Å². The van der Waals surface area contributed by atoms with E-state index in [4.69, 9.17) is 32.5 Å². The lowest BCUT2D eigenvalue weighted by Crippen LogP contribution is -1.85. The lowest BCUT2D eigenvalue weighted by molar-refractivity contribution is 0.449. The van der Waals surface area contributed by atoms with Gasteiger partial charge in [0.2, 0.25) is 0 Å². The molecule has 0 saturated carbocycles. The number of rotatable bonds is 2.